The highest BCUT2D eigenvalue weighted by Gasteiger charge is 2.19. The summed E-state index contributed by atoms with van der Waals surface area (Å²) < 4.78 is 11.2. The molecule has 0 saturated carbocycles. The molecule has 17 heavy (non-hydrogen) atoms. The minimum atomic E-state index is -0.263. The number of ether oxygens (including phenoxy) is 1. The smallest absolute Gasteiger partial charge is 0.134 e. The first-order valence-corrected chi connectivity index (χ1v) is 6.05. The maximum absolute atomic E-state index is 6.07. The van der Waals surface area contributed by atoms with Crippen molar-refractivity contribution in [2.24, 2.45) is 5.73 Å². The van der Waals surface area contributed by atoms with Crippen LogP contribution in [0.3, 0.4) is 0 Å². The fourth-order valence-corrected chi connectivity index (χ4v) is 1.98. The second-order valence-corrected chi connectivity index (χ2v) is 4.45. The van der Waals surface area contributed by atoms with E-state index in [-0.39, 0.29) is 12.1 Å². The largest absolute Gasteiger partial charge is 0.459 e. The van der Waals surface area contributed by atoms with Crippen LogP contribution in [-0.4, -0.2) is 12.7 Å². The number of hydrogen-bond donors (Lipinski definition) is 1. The first kappa shape index (κ1) is 12.4. The molecule has 2 aromatic rings. The van der Waals surface area contributed by atoms with E-state index in [2.05, 4.69) is 0 Å². The van der Waals surface area contributed by atoms with Gasteiger partial charge in [0.1, 0.15) is 11.3 Å². The van der Waals surface area contributed by atoms with Crippen LogP contribution in [0.25, 0.3) is 11.0 Å². The lowest BCUT2D eigenvalue weighted by Gasteiger charge is -2.17. The minimum Gasteiger partial charge on any atom is -0.459 e. The van der Waals surface area contributed by atoms with Crippen molar-refractivity contribution in [3.05, 3.63) is 35.0 Å². The highest BCUT2D eigenvalue weighted by atomic mass is 35.5. The lowest BCUT2D eigenvalue weighted by Crippen LogP contribution is -2.25. The molecule has 0 spiro atoms. The number of fused-ring (bicyclic) bond motifs is 1. The molecule has 0 radical (unpaired) electrons. The molecule has 1 aromatic heterocycles. The molecule has 2 unspecified atom stereocenters. The van der Waals surface area contributed by atoms with Gasteiger partial charge in [0.15, 0.2) is 0 Å². The van der Waals surface area contributed by atoms with Crippen molar-refractivity contribution in [3.63, 3.8) is 0 Å². The van der Waals surface area contributed by atoms with E-state index in [0.29, 0.717) is 11.6 Å². The van der Waals surface area contributed by atoms with Gasteiger partial charge in [0.2, 0.25) is 0 Å². The van der Waals surface area contributed by atoms with E-state index >= 15 is 0 Å². The lowest BCUT2D eigenvalue weighted by atomic mass is 10.1. The number of furan rings is 1. The van der Waals surface area contributed by atoms with Gasteiger partial charge in [-0.25, -0.2) is 0 Å². The maximum atomic E-state index is 6.07. The van der Waals surface area contributed by atoms with Gasteiger partial charge in [0.25, 0.3) is 0 Å². The molecule has 0 aliphatic carbocycles. The molecular formula is C13H16ClNO2. The molecular weight excluding hydrogens is 238 g/mol. The van der Waals surface area contributed by atoms with Gasteiger partial charge >= 0.3 is 0 Å². The predicted molar refractivity (Wildman–Crippen MR) is 69.2 cm³/mol. The summed E-state index contributed by atoms with van der Waals surface area (Å²) in [6.07, 6.45) is -0.0731. The number of nitrogens with two attached hydrogens (primary N) is 1. The summed E-state index contributed by atoms with van der Waals surface area (Å²) >= 11 is 5.92. The van der Waals surface area contributed by atoms with E-state index in [0.717, 1.165) is 16.7 Å². The summed E-state index contributed by atoms with van der Waals surface area (Å²) in [4.78, 5) is 0. The van der Waals surface area contributed by atoms with Gasteiger partial charge in [-0.3, -0.25) is 0 Å². The van der Waals surface area contributed by atoms with Crippen LogP contribution in [0.15, 0.2) is 28.7 Å². The molecule has 0 fully saturated rings. The Morgan fingerprint density at radius 1 is 1.41 bits per heavy atom. The SMILES string of the molecule is CCOC(C)C(N)c1cc2cc(Cl)ccc2o1. The Kier molecular flexibility index (Phi) is 3.72. The molecule has 1 aromatic carbocycles. The van der Waals surface area contributed by atoms with Crippen LogP contribution >= 0.6 is 11.6 Å². The van der Waals surface area contributed by atoms with E-state index < -0.39 is 0 Å². The molecule has 0 saturated heterocycles. The van der Waals surface area contributed by atoms with Gasteiger partial charge in [-0.2, -0.15) is 0 Å². The van der Waals surface area contributed by atoms with Crippen LogP contribution in [0.5, 0.6) is 0 Å². The number of hydrogen-bond acceptors (Lipinski definition) is 3. The molecule has 2 N–H and O–H groups in total. The quantitative estimate of drug-likeness (QED) is 0.907. The second kappa shape index (κ2) is 5.08. The zero-order chi connectivity index (χ0) is 12.4. The topological polar surface area (TPSA) is 48.4 Å². The van der Waals surface area contributed by atoms with Crippen LogP contribution in [0.2, 0.25) is 5.02 Å². The Morgan fingerprint density at radius 2 is 2.18 bits per heavy atom. The van der Waals surface area contributed by atoms with E-state index in [1.165, 1.54) is 0 Å². The monoisotopic (exact) mass is 253 g/mol. The van der Waals surface area contributed by atoms with Crippen LogP contribution in [0.1, 0.15) is 25.6 Å². The van der Waals surface area contributed by atoms with Crippen molar-refractivity contribution in [1.82, 2.24) is 0 Å². The standard InChI is InChI=1S/C13H16ClNO2/c1-3-16-8(2)13(15)12-7-9-6-10(14)4-5-11(9)17-12/h4-8,13H,3,15H2,1-2H3. The van der Waals surface area contributed by atoms with E-state index in [1.54, 1.807) is 6.07 Å². The zero-order valence-corrected chi connectivity index (χ0v) is 10.7. The van der Waals surface area contributed by atoms with Gasteiger partial charge < -0.3 is 14.9 Å². The average molecular weight is 254 g/mol. The first-order valence-electron chi connectivity index (χ1n) is 5.68. The van der Waals surface area contributed by atoms with Gasteiger partial charge in [0, 0.05) is 17.0 Å². The van der Waals surface area contributed by atoms with E-state index in [4.69, 9.17) is 26.5 Å². The molecule has 3 nitrogen and oxygen atoms in total. The lowest BCUT2D eigenvalue weighted by molar-refractivity contribution is 0.0527. The normalized spacial score (nSPS) is 15.1. The van der Waals surface area contributed by atoms with Crippen molar-refractivity contribution < 1.29 is 9.15 Å². The molecule has 0 amide bonds. The fraction of sp³-hybridized carbons (Fsp3) is 0.385. The molecule has 1 heterocycles. The summed E-state index contributed by atoms with van der Waals surface area (Å²) in [6.45, 7) is 4.52. The second-order valence-electron chi connectivity index (χ2n) is 4.02. The van der Waals surface area contributed by atoms with Gasteiger partial charge in [0.05, 0.1) is 12.1 Å². The molecule has 2 rings (SSSR count). The average Bonchev–Trinajstić information content (AvgIpc) is 2.71. The minimum absolute atomic E-state index is 0.0731. The third-order valence-corrected chi connectivity index (χ3v) is 3.00. The third kappa shape index (κ3) is 2.63. The summed E-state index contributed by atoms with van der Waals surface area (Å²) in [5.74, 6) is 0.725. The highest BCUT2D eigenvalue weighted by molar-refractivity contribution is 6.31. The van der Waals surface area contributed by atoms with E-state index in [9.17, 15) is 0 Å². The Hall–Kier alpha value is -1.03. The molecule has 0 aliphatic rings. The van der Waals surface area contributed by atoms with Gasteiger partial charge in [-0.1, -0.05) is 11.6 Å². The predicted octanol–water partition coefficient (Wildman–Crippen LogP) is 3.51. The Labute approximate surface area is 105 Å². The summed E-state index contributed by atoms with van der Waals surface area (Å²) in [7, 11) is 0. The molecule has 2 atom stereocenters. The van der Waals surface area contributed by atoms with Crippen LogP contribution < -0.4 is 5.73 Å². The summed E-state index contributed by atoms with van der Waals surface area (Å²) in [5.41, 5.74) is 6.87. The highest BCUT2D eigenvalue weighted by Crippen LogP contribution is 2.27. The molecule has 4 heteroatoms. The summed E-state index contributed by atoms with van der Waals surface area (Å²) in [6, 6.07) is 7.16. The number of halogens is 1. The van der Waals surface area contributed by atoms with Crippen LogP contribution in [0.4, 0.5) is 0 Å². The Balaban J connectivity index is 2.29. The van der Waals surface area contributed by atoms with Crippen LogP contribution in [0, 0.1) is 0 Å². The van der Waals surface area contributed by atoms with Crippen molar-refractivity contribution in [2.75, 3.05) is 6.61 Å². The van der Waals surface area contributed by atoms with Crippen LogP contribution in [-0.2, 0) is 4.74 Å². The first-order chi connectivity index (χ1) is 8.11. The van der Waals surface area contributed by atoms with Gasteiger partial charge in [-0.15, -0.1) is 0 Å². The summed E-state index contributed by atoms with van der Waals surface area (Å²) in [5, 5.41) is 1.66. The van der Waals surface area contributed by atoms with E-state index in [1.807, 2.05) is 32.0 Å². The van der Waals surface area contributed by atoms with Gasteiger partial charge in [-0.05, 0) is 38.1 Å². The third-order valence-electron chi connectivity index (χ3n) is 2.76. The van der Waals surface area contributed by atoms with Crippen molar-refractivity contribution in [2.45, 2.75) is 26.0 Å². The number of benzene rings is 1. The molecule has 92 valence electrons. The zero-order valence-electron chi connectivity index (χ0n) is 9.94. The van der Waals surface area contributed by atoms with Crippen molar-refractivity contribution >= 4 is 22.6 Å². The molecule has 0 bridgehead atoms. The maximum Gasteiger partial charge on any atom is 0.134 e. The fourth-order valence-electron chi connectivity index (χ4n) is 1.80. The van der Waals surface area contributed by atoms with Crippen molar-refractivity contribution in [1.29, 1.82) is 0 Å². The molecule has 0 aliphatic heterocycles. The number of rotatable bonds is 4. The Morgan fingerprint density at radius 3 is 2.88 bits per heavy atom. The Bertz CT molecular complexity index is 509. The van der Waals surface area contributed by atoms with Crippen molar-refractivity contribution in [3.8, 4) is 0 Å².